The number of aryl methyl sites for hydroxylation is 1. The quantitative estimate of drug-likeness (QED) is 0.173. The van der Waals surface area contributed by atoms with Gasteiger partial charge in [-0.1, -0.05) is 133 Å². The molecule has 12 aromatic rings. The third-order valence-corrected chi connectivity index (χ3v) is 11.9. The van der Waals surface area contributed by atoms with E-state index in [9.17, 15) is 0 Å². The SMILES string of the molecule is Cc1ccc(-c2ccc(N(c3ccccc3)c3ccc(-n4c5ccccc5c5ccc6c(ccc7c6c6cccc8c9ccccc9n7c86)c54)cc3)cc2)cc1. The van der Waals surface area contributed by atoms with Gasteiger partial charge >= 0.3 is 0 Å². The number of rotatable bonds is 5. The predicted octanol–water partition coefficient (Wildman–Crippen LogP) is 14.5. The summed E-state index contributed by atoms with van der Waals surface area (Å²) in [5.41, 5.74) is 14.4. The van der Waals surface area contributed by atoms with Crippen LogP contribution in [0.25, 0.3) is 87.5 Å². The zero-order chi connectivity index (χ0) is 36.9. The fourth-order valence-corrected chi connectivity index (χ4v) is 9.39. The highest BCUT2D eigenvalue weighted by Crippen LogP contribution is 2.45. The molecule has 0 aliphatic heterocycles. The van der Waals surface area contributed by atoms with E-state index >= 15 is 0 Å². The van der Waals surface area contributed by atoms with Crippen LogP contribution in [-0.4, -0.2) is 8.97 Å². The Balaban J connectivity index is 1.04. The Hall–Kier alpha value is -7.36. The molecule has 0 aliphatic rings. The van der Waals surface area contributed by atoms with Crippen molar-refractivity contribution in [3.05, 3.63) is 200 Å². The number of benzene rings is 9. The number of hydrogen-bond donors (Lipinski definition) is 0. The second-order valence-electron chi connectivity index (χ2n) is 15.0. The Kier molecular flexibility index (Phi) is 6.55. The second kappa shape index (κ2) is 11.8. The molecule has 0 aliphatic carbocycles. The van der Waals surface area contributed by atoms with Crippen LogP contribution in [0.15, 0.2) is 194 Å². The minimum absolute atomic E-state index is 1.11. The van der Waals surface area contributed by atoms with Gasteiger partial charge in [-0.3, -0.25) is 0 Å². The molecule has 0 saturated carbocycles. The van der Waals surface area contributed by atoms with Gasteiger partial charge in [0.1, 0.15) is 0 Å². The van der Waals surface area contributed by atoms with Gasteiger partial charge in [0.25, 0.3) is 0 Å². The van der Waals surface area contributed by atoms with Crippen molar-refractivity contribution in [2.75, 3.05) is 4.90 Å². The van der Waals surface area contributed by atoms with Crippen LogP contribution in [0, 0.1) is 6.92 Å². The molecule has 3 nitrogen and oxygen atoms in total. The van der Waals surface area contributed by atoms with Gasteiger partial charge in [-0.2, -0.15) is 0 Å². The van der Waals surface area contributed by atoms with E-state index in [-0.39, 0.29) is 0 Å². The molecule has 3 aromatic heterocycles. The van der Waals surface area contributed by atoms with E-state index < -0.39 is 0 Å². The lowest BCUT2D eigenvalue weighted by Gasteiger charge is -2.26. The first-order valence-corrected chi connectivity index (χ1v) is 19.4. The molecule has 3 heterocycles. The van der Waals surface area contributed by atoms with Crippen LogP contribution in [0.3, 0.4) is 0 Å². The number of para-hydroxylation sites is 4. The summed E-state index contributed by atoms with van der Waals surface area (Å²) in [7, 11) is 0. The number of nitrogens with zero attached hydrogens (tertiary/aromatic N) is 3. The lowest BCUT2D eigenvalue weighted by molar-refractivity contribution is 1.18. The first-order valence-electron chi connectivity index (χ1n) is 19.4. The predicted molar refractivity (Wildman–Crippen MR) is 238 cm³/mol. The maximum Gasteiger partial charge on any atom is 0.0620 e. The van der Waals surface area contributed by atoms with E-state index in [1.165, 1.54) is 87.4 Å². The summed E-state index contributed by atoms with van der Waals surface area (Å²) in [5, 5.41) is 10.3. The normalized spacial score (nSPS) is 12.0. The van der Waals surface area contributed by atoms with Gasteiger partial charge in [0, 0.05) is 60.5 Å². The Morgan fingerprint density at radius 2 is 0.857 bits per heavy atom. The lowest BCUT2D eigenvalue weighted by Crippen LogP contribution is -2.10. The molecule has 56 heavy (non-hydrogen) atoms. The van der Waals surface area contributed by atoms with Gasteiger partial charge in [0.15, 0.2) is 0 Å². The van der Waals surface area contributed by atoms with Gasteiger partial charge in [0.2, 0.25) is 0 Å². The largest absolute Gasteiger partial charge is 0.311 e. The minimum Gasteiger partial charge on any atom is -0.311 e. The van der Waals surface area contributed by atoms with E-state index in [0.29, 0.717) is 0 Å². The smallest absolute Gasteiger partial charge is 0.0620 e. The maximum atomic E-state index is 2.47. The van der Waals surface area contributed by atoms with Crippen molar-refractivity contribution in [3.63, 3.8) is 0 Å². The van der Waals surface area contributed by atoms with Crippen LogP contribution in [0.1, 0.15) is 5.56 Å². The molecular weight excluding hydrogens is 679 g/mol. The Labute approximate surface area is 323 Å². The average molecular weight is 714 g/mol. The molecule has 12 rings (SSSR count). The van der Waals surface area contributed by atoms with Crippen LogP contribution >= 0.6 is 0 Å². The molecule has 0 spiro atoms. The molecule has 0 fully saturated rings. The molecule has 0 radical (unpaired) electrons. The van der Waals surface area contributed by atoms with Gasteiger partial charge < -0.3 is 13.9 Å². The van der Waals surface area contributed by atoms with E-state index in [1.807, 2.05) is 0 Å². The molecular formula is C53H35N3. The fraction of sp³-hybridized carbons (Fsp3) is 0.0189. The monoisotopic (exact) mass is 713 g/mol. The van der Waals surface area contributed by atoms with Crippen molar-refractivity contribution in [1.29, 1.82) is 0 Å². The van der Waals surface area contributed by atoms with E-state index in [4.69, 9.17) is 0 Å². The van der Waals surface area contributed by atoms with Crippen LogP contribution in [-0.2, 0) is 0 Å². The van der Waals surface area contributed by atoms with Crippen molar-refractivity contribution in [2.45, 2.75) is 6.92 Å². The van der Waals surface area contributed by atoms with E-state index in [0.717, 1.165) is 22.7 Å². The summed E-state index contributed by atoms with van der Waals surface area (Å²) in [6.07, 6.45) is 0. The highest BCUT2D eigenvalue weighted by molar-refractivity contribution is 6.31. The Morgan fingerprint density at radius 1 is 0.339 bits per heavy atom. The zero-order valence-electron chi connectivity index (χ0n) is 30.8. The van der Waals surface area contributed by atoms with Crippen molar-refractivity contribution in [2.24, 2.45) is 0 Å². The lowest BCUT2D eigenvalue weighted by atomic mass is 10.00. The number of fused-ring (bicyclic) bond motifs is 12. The van der Waals surface area contributed by atoms with Gasteiger partial charge in [-0.15, -0.1) is 0 Å². The van der Waals surface area contributed by atoms with Crippen LogP contribution < -0.4 is 4.90 Å². The van der Waals surface area contributed by atoms with Crippen LogP contribution in [0.5, 0.6) is 0 Å². The van der Waals surface area contributed by atoms with Crippen molar-refractivity contribution in [3.8, 4) is 16.8 Å². The zero-order valence-corrected chi connectivity index (χ0v) is 30.8. The molecule has 9 aromatic carbocycles. The average Bonchev–Trinajstić information content (AvgIpc) is 3.91. The van der Waals surface area contributed by atoms with E-state index in [1.54, 1.807) is 0 Å². The molecule has 3 heteroatoms. The topological polar surface area (TPSA) is 12.6 Å². The van der Waals surface area contributed by atoms with Crippen molar-refractivity contribution in [1.82, 2.24) is 8.97 Å². The summed E-state index contributed by atoms with van der Waals surface area (Å²) in [6, 6.07) is 71.2. The number of anilines is 3. The van der Waals surface area contributed by atoms with Crippen LogP contribution in [0.4, 0.5) is 17.1 Å². The number of hydrogen-bond acceptors (Lipinski definition) is 1. The summed E-state index contributed by atoms with van der Waals surface area (Å²) in [6.45, 7) is 2.13. The van der Waals surface area contributed by atoms with Crippen molar-refractivity contribution < 1.29 is 0 Å². The first kappa shape index (κ1) is 31.0. The molecule has 0 saturated heterocycles. The van der Waals surface area contributed by atoms with Crippen molar-refractivity contribution >= 4 is 87.7 Å². The molecule has 0 N–H and O–H groups in total. The third kappa shape index (κ3) is 4.40. The number of aromatic nitrogens is 2. The van der Waals surface area contributed by atoms with Gasteiger partial charge in [-0.05, 0) is 90.2 Å². The minimum atomic E-state index is 1.11. The molecule has 262 valence electrons. The standard InChI is InChI=1S/C53H35N3/c1-34-18-20-35(21-19-34)36-22-24-38(25-23-36)54(37-10-3-2-4-11-37)39-26-28-40(29-27-39)55-48-16-7-5-13-42(48)45-31-30-43-46(52(45)55)32-33-50-51(43)47-15-9-14-44-41-12-6-8-17-49(41)56(50)53(44)47/h2-33H,1H3. The Morgan fingerprint density at radius 3 is 1.61 bits per heavy atom. The molecule has 0 bridgehead atoms. The van der Waals surface area contributed by atoms with Gasteiger partial charge in [-0.25, -0.2) is 0 Å². The summed E-state index contributed by atoms with van der Waals surface area (Å²) >= 11 is 0. The highest BCUT2D eigenvalue weighted by atomic mass is 15.1. The fourth-order valence-electron chi connectivity index (χ4n) is 9.39. The Bertz CT molecular complexity index is 3440. The van der Waals surface area contributed by atoms with Gasteiger partial charge in [0.05, 0.1) is 27.6 Å². The van der Waals surface area contributed by atoms with E-state index in [2.05, 4.69) is 215 Å². The highest BCUT2D eigenvalue weighted by Gasteiger charge is 2.22. The summed E-state index contributed by atoms with van der Waals surface area (Å²) < 4.78 is 4.94. The third-order valence-electron chi connectivity index (χ3n) is 11.9. The molecule has 0 unspecified atom stereocenters. The molecule has 0 amide bonds. The molecule has 0 atom stereocenters. The first-order chi connectivity index (χ1) is 27.7. The second-order valence-corrected chi connectivity index (χ2v) is 15.0. The van der Waals surface area contributed by atoms with Crippen LogP contribution in [0.2, 0.25) is 0 Å². The maximum absolute atomic E-state index is 2.47. The summed E-state index contributed by atoms with van der Waals surface area (Å²) in [5.74, 6) is 0. The summed E-state index contributed by atoms with van der Waals surface area (Å²) in [4.78, 5) is 2.34.